The fourth-order valence-corrected chi connectivity index (χ4v) is 8.87. The Morgan fingerprint density at radius 2 is 1.49 bits per heavy atom. The van der Waals surface area contributed by atoms with E-state index in [-0.39, 0.29) is 62.5 Å². The number of nitrogens with one attached hydrogen (secondary N) is 6. The molecule has 0 unspecified atom stereocenters. The molecule has 10 N–H and O–H groups in total. The van der Waals surface area contributed by atoms with Gasteiger partial charge in [-0.25, -0.2) is 0 Å². The summed E-state index contributed by atoms with van der Waals surface area (Å²) in [7, 11) is 0. The number of carbonyl (C=O) groups excluding carboxylic acids is 6. The second kappa shape index (κ2) is 22.1. The van der Waals surface area contributed by atoms with Crippen LogP contribution in [0.15, 0.2) is 65.8 Å². The first-order valence-electron chi connectivity index (χ1n) is 22.0. The summed E-state index contributed by atoms with van der Waals surface area (Å²) in [5, 5.41) is 15.6. The van der Waals surface area contributed by atoms with Crippen LogP contribution >= 0.6 is 0 Å². The Bertz CT molecular complexity index is 2010. The standard InChI is InChI=1S/C45H62N10O6/c46-45(47)49-24-9-18-34-40(57)48-23-10-19-35(51-39(56)22-21-29-12-3-1-4-13-29)44(61)55-25-11-20-38(55)43(60)54-36(26-30-14-5-2-6-15-30)41(58)53-37(42(59)52-34)27-31-28-50-33-17-8-7-16-32(31)33/h1,3-4,7-8,12-13,16-17,28,30,34-38,50H,2,5-6,9-11,14-15,18-27H2,(H,48,57)(H,51,56)(H,52,59)(H,53,58)(H,54,60)(H4,46,47,49)/t34-,35-,36+,37-,38-/m1/s1. The number of aryl methyl sites for hydroxylation is 1. The normalized spacial score (nSPS) is 23.8. The number of aromatic amines is 1. The molecule has 6 amide bonds. The van der Waals surface area contributed by atoms with E-state index in [0.717, 1.165) is 54.1 Å². The number of carbonyl (C=O) groups is 6. The number of rotatable bonds is 12. The lowest BCUT2D eigenvalue weighted by Gasteiger charge is -2.32. The van der Waals surface area contributed by atoms with Gasteiger partial charge in [0.05, 0.1) is 0 Å². The summed E-state index contributed by atoms with van der Waals surface area (Å²) in [4.78, 5) is 93.5. The van der Waals surface area contributed by atoms with Crippen molar-refractivity contribution in [1.82, 2.24) is 36.5 Å². The van der Waals surface area contributed by atoms with Crippen molar-refractivity contribution >= 4 is 52.3 Å². The van der Waals surface area contributed by atoms with E-state index in [2.05, 4.69) is 36.6 Å². The van der Waals surface area contributed by atoms with E-state index >= 15 is 0 Å². The van der Waals surface area contributed by atoms with Gasteiger partial charge in [0, 0.05) is 49.6 Å². The molecule has 1 saturated carbocycles. The van der Waals surface area contributed by atoms with E-state index < -0.39 is 53.8 Å². The molecule has 3 aliphatic rings. The third-order valence-electron chi connectivity index (χ3n) is 12.2. The fraction of sp³-hybridized carbons (Fsp3) is 0.533. The molecule has 3 aromatic rings. The van der Waals surface area contributed by atoms with E-state index in [0.29, 0.717) is 45.1 Å². The van der Waals surface area contributed by atoms with Gasteiger partial charge in [-0.15, -0.1) is 0 Å². The van der Waals surface area contributed by atoms with Crippen molar-refractivity contribution in [2.45, 2.75) is 127 Å². The zero-order valence-electron chi connectivity index (χ0n) is 35.0. The summed E-state index contributed by atoms with van der Waals surface area (Å²) in [5.41, 5.74) is 13.7. The lowest BCUT2D eigenvalue weighted by Crippen LogP contribution is -2.59. The summed E-state index contributed by atoms with van der Waals surface area (Å²) in [6.45, 7) is 0.689. The molecular formula is C45H62N10O6. The van der Waals surface area contributed by atoms with Crippen LogP contribution in [0.3, 0.4) is 0 Å². The smallest absolute Gasteiger partial charge is 0.245 e. The number of H-pyrrole nitrogens is 1. The Hall–Kier alpha value is -5.93. The lowest BCUT2D eigenvalue weighted by molar-refractivity contribution is -0.142. The predicted octanol–water partition coefficient (Wildman–Crippen LogP) is 2.21. The molecule has 0 bridgehead atoms. The minimum atomic E-state index is -1.11. The van der Waals surface area contributed by atoms with E-state index in [1.54, 1.807) is 6.20 Å². The largest absolute Gasteiger partial charge is 0.370 e. The first-order chi connectivity index (χ1) is 29.5. The molecule has 3 heterocycles. The topological polar surface area (TPSA) is 246 Å². The molecule has 61 heavy (non-hydrogen) atoms. The second-order valence-corrected chi connectivity index (χ2v) is 16.7. The number of hydrogen-bond acceptors (Lipinski definition) is 7. The molecule has 2 aliphatic heterocycles. The van der Waals surface area contributed by atoms with Gasteiger partial charge in [-0.2, -0.15) is 0 Å². The van der Waals surface area contributed by atoms with Crippen LogP contribution in [0.5, 0.6) is 0 Å². The maximum Gasteiger partial charge on any atom is 0.245 e. The van der Waals surface area contributed by atoms with Crippen LogP contribution in [0.25, 0.3) is 10.9 Å². The van der Waals surface area contributed by atoms with Gasteiger partial charge < -0.3 is 47.9 Å². The Morgan fingerprint density at radius 1 is 0.770 bits per heavy atom. The number of nitrogens with zero attached hydrogens (tertiary/aromatic N) is 2. The average Bonchev–Trinajstić information content (AvgIpc) is 3.92. The van der Waals surface area contributed by atoms with Crippen molar-refractivity contribution in [2.24, 2.45) is 22.4 Å². The van der Waals surface area contributed by atoms with Gasteiger partial charge in [-0.05, 0) is 74.5 Å². The first-order valence-corrected chi connectivity index (χ1v) is 22.0. The maximum absolute atomic E-state index is 14.5. The molecule has 0 spiro atoms. The monoisotopic (exact) mass is 838 g/mol. The number of nitrogens with two attached hydrogens (primary N) is 2. The summed E-state index contributed by atoms with van der Waals surface area (Å²) < 4.78 is 0. The lowest BCUT2D eigenvalue weighted by atomic mass is 9.84. The van der Waals surface area contributed by atoms with E-state index in [1.165, 1.54) is 4.90 Å². The fourth-order valence-electron chi connectivity index (χ4n) is 8.87. The number of fused-ring (bicyclic) bond motifs is 2. The summed E-state index contributed by atoms with van der Waals surface area (Å²) in [6, 6.07) is 12.3. The van der Waals surface area contributed by atoms with E-state index in [1.807, 2.05) is 54.6 Å². The molecule has 5 atom stereocenters. The second-order valence-electron chi connectivity index (χ2n) is 16.7. The summed E-state index contributed by atoms with van der Waals surface area (Å²) in [6.07, 6.45) is 9.96. The van der Waals surface area contributed by atoms with Gasteiger partial charge in [-0.1, -0.05) is 80.6 Å². The molecule has 3 fully saturated rings. The highest BCUT2D eigenvalue weighted by atomic mass is 16.2. The molecule has 1 aliphatic carbocycles. The van der Waals surface area contributed by atoms with Crippen LogP contribution in [0.4, 0.5) is 0 Å². The third-order valence-corrected chi connectivity index (χ3v) is 12.2. The van der Waals surface area contributed by atoms with Crippen LogP contribution in [0.2, 0.25) is 0 Å². The number of para-hydroxylation sites is 1. The van der Waals surface area contributed by atoms with Gasteiger partial charge in [0.2, 0.25) is 35.4 Å². The van der Waals surface area contributed by atoms with Crippen LogP contribution in [0.1, 0.15) is 94.6 Å². The SMILES string of the molecule is NC(N)=NCCC[C@H]1NC(=O)[C@@H](Cc2c[nH]c3ccccc23)NC(=O)[C@H](CC2CCCCC2)NC(=O)[C@H]2CCCN2C(=O)[C@H](NC(=O)CCc2ccccc2)CCCNC1=O. The van der Waals surface area contributed by atoms with Crippen molar-refractivity contribution in [3.8, 4) is 0 Å². The molecule has 1 aromatic heterocycles. The average molecular weight is 839 g/mol. The molecule has 2 aromatic carbocycles. The van der Waals surface area contributed by atoms with Gasteiger partial charge in [0.1, 0.15) is 30.2 Å². The summed E-state index contributed by atoms with van der Waals surface area (Å²) in [5.74, 6) is -2.57. The Labute approximate surface area is 357 Å². The minimum Gasteiger partial charge on any atom is -0.370 e. The van der Waals surface area contributed by atoms with Crippen molar-refractivity contribution in [2.75, 3.05) is 19.6 Å². The van der Waals surface area contributed by atoms with Gasteiger partial charge in [-0.3, -0.25) is 33.8 Å². The minimum absolute atomic E-state index is 0.0916. The maximum atomic E-state index is 14.5. The Morgan fingerprint density at radius 3 is 2.28 bits per heavy atom. The number of benzene rings is 2. The highest BCUT2D eigenvalue weighted by molar-refractivity contribution is 5.97. The zero-order chi connectivity index (χ0) is 43.1. The predicted molar refractivity (Wildman–Crippen MR) is 233 cm³/mol. The van der Waals surface area contributed by atoms with Crippen molar-refractivity contribution in [1.29, 1.82) is 0 Å². The van der Waals surface area contributed by atoms with E-state index in [9.17, 15) is 28.8 Å². The highest BCUT2D eigenvalue weighted by Crippen LogP contribution is 2.28. The number of amides is 6. The van der Waals surface area contributed by atoms with Crippen LogP contribution in [0, 0.1) is 5.92 Å². The van der Waals surface area contributed by atoms with E-state index in [4.69, 9.17) is 11.5 Å². The number of aliphatic imine (C=N–C) groups is 1. The van der Waals surface area contributed by atoms with Gasteiger partial charge >= 0.3 is 0 Å². The molecule has 328 valence electrons. The van der Waals surface area contributed by atoms with Gasteiger partial charge in [0.25, 0.3) is 0 Å². The molecule has 16 nitrogen and oxygen atoms in total. The zero-order valence-corrected chi connectivity index (χ0v) is 35.0. The Kier molecular flexibility index (Phi) is 16.1. The number of aromatic nitrogens is 1. The highest BCUT2D eigenvalue weighted by Gasteiger charge is 2.40. The van der Waals surface area contributed by atoms with Crippen molar-refractivity contribution in [3.63, 3.8) is 0 Å². The molecule has 0 radical (unpaired) electrons. The number of guanidine groups is 1. The summed E-state index contributed by atoms with van der Waals surface area (Å²) >= 11 is 0. The van der Waals surface area contributed by atoms with Crippen LogP contribution < -0.4 is 38.1 Å². The van der Waals surface area contributed by atoms with Crippen LogP contribution in [-0.4, -0.2) is 101 Å². The van der Waals surface area contributed by atoms with Gasteiger partial charge in [0.15, 0.2) is 5.96 Å². The molecular weight excluding hydrogens is 777 g/mol. The quantitative estimate of drug-likeness (QED) is 0.0762. The van der Waals surface area contributed by atoms with Crippen LogP contribution in [-0.2, 0) is 41.6 Å². The van der Waals surface area contributed by atoms with Crippen molar-refractivity contribution in [3.05, 3.63) is 71.9 Å². The molecule has 2 saturated heterocycles. The number of hydrogen-bond donors (Lipinski definition) is 8. The third kappa shape index (κ3) is 12.8. The molecule has 16 heteroatoms. The van der Waals surface area contributed by atoms with Crippen molar-refractivity contribution < 1.29 is 28.8 Å². The Balaban J connectivity index is 1.29. The first kappa shape index (κ1) is 44.6. The molecule has 6 rings (SSSR count).